The second-order valence-corrected chi connectivity index (χ2v) is 3.40. The Morgan fingerprint density at radius 1 is 1.62 bits per heavy atom. The normalized spacial score (nSPS) is 11.8. The Hall–Kier alpha value is -0.0900. The fraction of sp³-hybridized carbons (Fsp3) is 0.750. The van der Waals surface area contributed by atoms with Crippen LogP contribution >= 0.6 is 0 Å². The summed E-state index contributed by atoms with van der Waals surface area (Å²) >= 11 is 0. The van der Waals surface area contributed by atoms with Gasteiger partial charge < -0.3 is 0 Å². The van der Waals surface area contributed by atoms with Crippen molar-refractivity contribution in [2.45, 2.75) is 6.92 Å². The Balaban J connectivity index is 3.42. The minimum Gasteiger partial charge on any atom is -0.299 e. The molecule has 1 radical (unpaired) electrons. The molecule has 1 N–H and O–H groups in total. The van der Waals surface area contributed by atoms with E-state index < -0.39 is 9.84 Å². The predicted octanol–water partition coefficient (Wildman–Crippen LogP) is -0.240. The first-order chi connectivity index (χ1) is 3.56. The number of sulfone groups is 1. The number of rotatable bonds is 3. The highest BCUT2D eigenvalue weighted by Gasteiger charge is 1.97. The molecule has 0 aromatic heterocycles. The lowest BCUT2D eigenvalue weighted by Gasteiger charge is -1.93. The highest BCUT2D eigenvalue weighted by atomic mass is 32.2. The zero-order valence-electron chi connectivity index (χ0n) is 5.01. The van der Waals surface area contributed by atoms with Crippen molar-refractivity contribution in [2.24, 2.45) is 0 Å². The van der Waals surface area contributed by atoms with E-state index in [0.29, 0.717) is 6.54 Å². The molecule has 0 rings (SSSR count). The Labute approximate surface area is 50.0 Å². The van der Waals surface area contributed by atoms with Crippen LogP contribution in [0.5, 0.6) is 0 Å². The Morgan fingerprint density at radius 3 is 2.25 bits per heavy atom. The lowest BCUT2D eigenvalue weighted by molar-refractivity contribution is 0.602. The summed E-state index contributed by atoms with van der Waals surface area (Å²) in [5.41, 5.74) is 0. The predicted molar refractivity (Wildman–Crippen MR) is 32.8 cm³/mol. The van der Waals surface area contributed by atoms with Crippen LogP contribution < -0.4 is 5.32 Å². The van der Waals surface area contributed by atoms with Crippen LogP contribution in [0.4, 0.5) is 0 Å². The van der Waals surface area contributed by atoms with Crippen molar-refractivity contribution < 1.29 is 8.42 Å². The quantitative estimate of drug-likeness (QED) is 0.582. The second kappa shape index (κ2) is 3.04. The lowest BCUT2D eigenvalue weighted by atomic mass is 10.8. The highest BCUT2D eigenvalue weighted by Crippen LogP contribution is 1.81. The molecular formula is C4H10NO2S. The Kier molecular flexibility index (Phi) is 3.01. The van der Waals surface area contributed by atoms with Crippen molar-refractivity contribution in [2.75, 3.05) is 12.8 Å². The molecule has 0 heterocycles. The highest BCUT2D eigenvalue weighted by molar-refractivity contribution is 7.92. The average Bonchev–Trinajstić information content (AvgIpc) is 1.59. The maximum atomic E-state index is 10.3. The van der Waals surface area contributed by atoms with Crippen LogP contribution in [0.2, 0.25) is 0 Å². The van der Waals surface area contributed by atoms with Crippen LogP contribution in [0.25, 0.3) is 0 Å². The molecule has 0 fully saturated rings. The van der Waals surface area contributed by atoms with Gasteiger partial charge in [-0.1, -0.05) is 6.92 Å². The molecule has 0 aromatic rings. The van der Waals surface area contributed by atoms with Gasteiger partial charge in [-0.2, -0.15) is 0 Å². The number of hydrogen-bond donors (Lipinski definition) is 1. The van der Waals surface area contributed by atoms with Gasteiger partial charge in [0, 0.05) is 6.26 Å². The number of nitrogens with one attached hydrogen (secondary N) is 1. The third kappa shape index (κ3) is 5.91. The lowest BCUT2D eigenvalue weighted by Crippen LogP contribution is -2.14. The van der Waals surface area contributed by atoms with Crippen LogP contribution in [-0.2, 0) is 9.84 Å². The summed E-state index contributed by atoms with van der Waals surface area (Å²) in [6.07, 6.45) is 1.15. The van der Waals surface area contributed by atoms with Gasteiger partial charge >= 0.3 is 0 Å². The molecule has 0 atom stereocenters. The van der Waals surface area contributed by atoms with Gasteiger partial charge in [-0.3, -0.25) is 5.32 Å². The summed E-state index contributed by atoms with van der Waals surface area (Å²) in [6.45, 7) is 2.48. The largest absolute Gasteiger partial charge is 0.299 e. The summed E-state index contributed by atoms with van der Waals surface area (Å²) in [7, 11) is -2.92. The molecule has 3 nitrogen and oxygen atoms in total. The van der Waals surface area contributed by atoms with E-state index >= 15 is 0 Å². The SMILES string of the molecule is CCN[CH]S(C)(=O)=O. The van der Waals surface area contributed by atoms with Crippen molar-refractivity contribution in [3.8, 4) is 0 Å². The van der Waals surface area contributed by atoms with E-state index in [2.05, 4.69) is 5.32 Å². The van der Waals surface area contributed by atoms with E-state index in [9.17, 15) is 8.42 Å². The Morgan fingerprint density at radius 2 is 2.12 bits per heavy atom. The van der Waals surface area contributed by atoms with Gasteiger partial charge in [0.05, 0.1) is 0 Å². The van der Waals surface area contributed by atoms with Crippen molar-refractivity contribution in [3.63, 3.8) is 0 Å². The number of hydrogen-bond acceptors (Lipinski definition) is 3. The molecule has 8 heavy (non-hydrogen) atoms. The van der Waals surface area contributed by atoms with E-state index in [1.807, 2.05) is 6.92 Å². The molecule has 4 heteroatoms. The average molecular weight is 136 g/mol. The standard InChI is InChI=1S/C4H10NO2S/c1-3-5-4-8(2,6)7/h4-5H,3H2,1-2H3. The summed E-state index contributed by atoms with van der Waals surface area (Å²) in [6, 6.07) is 0. The van der Waals surface area contributed by atoms with E-state index in [-0.39, 0.29) is 0 Å². The summed E-state index contributed by atoms with van der Waals surface area (Å²) in [4.78, 5) is 0. The minimum absolute atomic E-state index is 0.646. The topological polar surface area (TPSA) is 46.2 Å². The second-order valence-electron chi connectivity index (χ2n) is 1.51. The zero-order valence-corrected chi connectivity index (χ0v) is 5.83. The van der Waals surface area contributed by atoms with Crippen molar-refractivity contribution in [3.05, 3.63) is 5.88 Å². The van der Waals surface area contributed by atoms with Gasteiger partial charge in [-0.15, -0.1) is 0 Å². The van der Waals surface area contributed by atoms with E-state index in [1.54, 1.807) is 0 Å². The summed E-state index contributed by atoms with van der Waals surface area (Å²) in [5.74, 6) is 1.09. The molecule has 0 amide bonds. The van der Waals surface area contributed by atoms with Gasteiger partial charge in [0.1, 0.15) is 5.88 Å². The fourth-order valence-corrected chi connectivity index (χ4v) is 0.704. The third-order valence-corrected chi connectivity index (χ3v) is 1.10. The van der Waals surface area contributed by atoms with Crippen molar-refractivity contribution in [1.82, 2.24) is 5.32 Å². The molecule has 0 aliphatic carbocycles. The van der Waals surface area contributed by atoms with Gasteiger partial charge in [0.2, 0.25) is 0 Å². The molecule has 0 saturated carbocycles. The van der Waals surface area contributed by atoms with Gasteiger partial charge in [-0.05, 0) is 6.54 Å². The molecule has 0 unspecified atom stereocenters. The molecule has 0 saturated heterocycles. The molecule has 0 aliphatic heterocycles. The first-order valence-corrected chi connectivity index (χ1v) is 4.28. The molecular weight excluding hydrogens is 126 g/mol. The summed E-state index contributed by atoms with van der Waals surface area (Å²) in [5, 5.41) is 2.58. The van der Waals surface area contributed by atoms with Gasteiger partial charge in [0.15, 0.2) is 9.84 Å². The minimum atomic E-state index is -2.92. The van der Waals surface area contributed by atoms with Crippen LogP contribution in [-0.4, -0.2) is 21.2 Å². The van der Waals surface area contributed by atoms with Crippen molar-refractivity contribution in [1.29, 1.82) is 0 Å². The zero-order chi connectivity index (χ0) is 6.62. The van der Waals surface area contributed by atoms with E-state index in [1.165, 1.54) is 0 Å². The maximum Gasteiger partial charge on any atom is 0.165 e. The molecule has 0 bridgehead atoms. The maximum absolute atomic E-state index is 10.3. The molecule has 49 valence electrons. The van der Waals surface area contributed by atoms with Gasteiger partial charge in [0.25, 0.3) is 0 Å². The Bertz CT molecular complexity index is 138. The van der Waals surface area contributed by atoms with Crippen molar-refractivity contribution >= 4 is 9.84 Å². The molecule has 0 aromatic carbocycles. The first-order valence-electron chi connectivity index (χ1n) is 2.33. The fourth-order valence-electron chi connectivity index (χ4n) is 0.235. The van der Waals surface area contributed by atoms with E-state index in [0.717, 1.165) is 12.1 Å². The van der Waals surface area contributed by atoms with Crippen LogP contribution in [0.3, 0.4) is 0 Å². The van der Waals surface area contributed by atoms with Gasteiger partial charge in [-0.25, -0.2) is 8.42 Å². The molecule has 0 spiro atoms. The smallest absolute Gasteiger partial charge is 0.165 e. The van der Waals surface area contributed by atoms with Crippen LogP contribution in [0.1, 0.15) is 6.92 Å². The van der Waals surface area contributed by atoms with Crippen LogP contribution in [0.15, 0.2) is 0 Å². The first kappa shape index (κ1) is 7.91. The van der Waals surface area contributed by atoms with E-state index in [4.69, 9.17) is 0 Å². The van der Waals surface area contributed by atoms with Crippen LogP contribution in [0, 0.1) is 5.88 Å². The molecule has 0 aliphatic rings. The monoisotopic (exact) mass is 136 g/mol. The third-order valence-electron chi connectivity index (χ3n) is 0.502. The summed E-state index contributed by atoms with van der Waals surface area (Å²) < 4.78 is 20.5.